The van der Waals surface area contributed by atoms with Gasteiger partial charge in [0.05, 0.1) is 29.0 Å². The highest BCUT2D eigenvalue weighted by molar-refractivity contribution is 6.36. The van der Waals surface area contributed by atoms with Crippen LogP contribution >= 0.6 is 23.2 Å². The smallest absolute Gasteiger partial charge is 0.226 e. The zero-order chi connectivity index (χ0) is 17.1. The van der Waals surface area contributed by atoms with Gasteiger partial charge in [0.1, 0.15) is 0 Å². The molecule has 0 bridgehead atoms. The summed E-state index contributed by atoms with van der Waals surface area (Å²) in [6.45, 7) is 0.345. The van der Waals surface area contributed by atoms with E-state index < -0.39 is 0 Å². The normalized spacial score (nSPS) is 10.8. The SMILES string of the molecule is O=C(CCn1ncc(=O)c2ccccc21)Nc1ccc(Cl)cc1Cl. The quantitative estimate of drug-likeness (QED) is 0.769. The van der Waals surface area contributed by atoms with Crippen molar-refractivity contribution in [3.8, 4) is 0 Å². The molecular weight excluding hydrogens is 349 g/mol. The van der Waals surface area contributed by atoms with Gasteiger partial charge in [-0.1, -0.05) is 35.3 Å². The number of hydrogen-bond donors (Lipinski definition) is 1. The van der Waals surface area contributed by atoms with E-state index in [1.54, 1.807) is 41.1 Å². The minimum absolute atomic E-state index is 0.140. The van der Waals surface area contributed by atoms with Crippen molar-refractivity contribution in [1.82, 2.24) is 9.78 Å². The van der Waals surface area contributed by atoms with Gasteiger partial charge in [-0.2, -0.15) is 5.10 Å². The van der Waals surface area contributed by atoms with E-state index in [0.29, 0.717) is 33.2 Å². The van der Waals surface area contributed by atoms with E-state index >= 15 is 0 Å². The van der Waals surface area contributed by atoms with Gasteiger partial charge >= 0.3 is 0 Å². The number of carbonyl (C=O) groups excluding carboxylic acids is 1. The molecule has 0 aliphatic heterocycles. The monoisotopic (exact) mass is 361 g/mol. The first-order chi connectivity index (χ1) is 11.5. The number of nitrogens with zero attached hydrogens (tertiary/aromatic N) is 2. The van der Waals surface area contributed by atoms with Crippen LogP contribution in [-0.4, -0.2) is 15.7 Å². The van der Waals surface area contributed by atoms with E-state index in [0.717, 1.165) is 0 Å². The molecule has 3 rings (SSSR count). The van der Waals surface area contributed by atoms with Crippen LogP contribution in [0.5, 0.6) is 0 Å². The predicted octanol–water partition coefficient (Wildman–Crippen LogP) is 3.73. The average Bonchev–Trinajstić information content (AvgIpc) is 2.57. The van der Waals surface area contributed by atoms with Crippen molar-refractivity contribution < 1.29 is 4.79 Å². The Balaban J connectivity index is 1.73. The van der Waals surface area contributed by atoms with Crippen LogP contribution in [-0.2, 0) is 11.3 Å². The van der Waals surface area contributed by atoms with E-state index in [1.807, 2.05) is 6.07 Å². The highest BCUT2D eigenvalue weighted by Gasteiger charge is 2.09. The van der Waals surface area contributed by atoms with Crippen molar-refractivity contribution in [3.63, 3.8) is 0 Å². The molecule has 1 N–H and O–H groups in total. The number of benzene rings is 2. The van der Waals surface area contributed by atoms with Crippen molar-refractivity contribution in [3.05, 3.63) is 68.9 Å². The maximum atomic E-state index is 12.1. The summed E-state index contributed by atoms with van der Waals surface area (Å²) in [4.78, 5) is 23.9. The number of para-hydroxylation sites is 1. The molecule has 1 aromatic heterocycles. The lowest BCUT2D eigenvalue weighted by atomic mass is 10.2. The summed E-state index contributed by atoms with van der Waals surface area (Å²) >= 11 is 11.9. The van der Waals surface area contributed by atoms with E-state index in [9.17, 15) is 9.59 Å². The Bertz CT molecular complexity index is 969. The summed E-state index contributed by atoms with van der Waals surface area (Å²) in [5, 5.41) is 8.29. The Hall–Kier alpha value is -2.37. The average molecular weight is 362 g/mol. The first-order valence-corrected chi connectivity index (χ1v) is 8.00. The third-order valence-electron chi connectivity index (χ3n) is 3.52. The van der Waals surface area contributed by atoms with Gasteiger partial charge in [-0.3, -0.25) is 14.3 Å². The van der Waals surface area contributed by atoms with Gasteiger partial charge in [0, 0.05) is 16.8 Å². The lowest BCUT2D eigenvalue weighted by Crippen LogP contribution is -2.18. The van der Waals surface area contributed by atoms with Crippen LogP contribution in [0.25, 0.3) is 10.9 Å². The van der Waals surface area contributed by atoms with Crippen LogP contribution in [0.15, 0.2) is 53.5 Å². The van der Waals surface area contributed by atoms with Crippen molar-refractivity contribution in [2.45, 2.75) is 13.0 Å². The first-order valence-electron chi connectivity index (χ1n) is 7.24. The second kappa shape index (κ2) is 7.03. The number of carbonyl (C=O) groups is 1. The van der Waals surface area contributed by atoms with Crippen LogP contribution in [0.1, 0.15) is 6.42 Å². The van der Waals surface area contributed by atoms with Crippen LogP contribution < -0.4 is 10.7 Å². The van der Waals surface area contributed by atoms with E-state index in [4.69, 9.17) is 23.2 Å². The molecule has 122 valence electrons. The molecule has 2 aromatic carbocycles. The number of aryl methyl sites for hydroxylation is 1. The number of amides is 1. The summed E-state index contributed by atoms with van der Waals surface area (Å²) in [7, 11) is 0. The molecule has 0 spiro atoms. The van der Waals surface area contributed by atoms with Gasteiger partial charge in [-0.05, 0) is 30.3 Å². The third-order valence-corrected chi connectivity index (χ3v) is 4.07. The lowest BCUT2D eigenvalue weighted by molar-refractivity contribution is -0.116. The molecule has 0 aliphatic rings. The zero-order valence-corrected chi connectivity index (χ0v) is 14.0. The molecule has 0 saturated carbocycles. The summed E-state index contributed by atoms with van der Waals surface area (Å²) < 4.78 is 1.64. The topological polar surface area (TPSA) is 64.0 Å². The number of nitrogens with one attached hydrogen (secondary N) is 1. The van der Waals surface area contributed by atoms with Crippen LogP contribution in [0.3, 0.4) is 0 Å². The highest BCUT2D eigenvalue weighted by atomic mass is 35.5. The number of halogens is 2. The summed E-state index contributed by atoms with van der Waals surface area (Å²) in [5.41, 5.74) is 1.06. The van der Waals surface area contributed by atoms with E-state index in [-0.39, 0.29) is 17.8 Å². The minimum Gasteiger partial charge on any atom is -0.325 e. The molecule has 0 saturated heterocycles. The Morgan fingerprint density at radius 3 is 2.75 bits per heavy atom. The van der Waals surface area contributed by atoms with Gasteiger partial charge < -0.3 is 5.32 Å². The lowest BCUT2D eigenvalue weighted by Gasteiger charge is -2.10. The second-order valence-corrected chi connectivity index (χ2v) is 6.02. The first kappa shape index (κ1) is 16.5. The zero-order valence-electron chi connectivity index (χ0n) is 12.5. The minimum atomic E-state index is -0.205. The fourth-order valence-electron chi connectivity index (χ4n) is 2.35. The Kier molecular flexibility index (Phi) is 4.83. The number of rotatable bonds is 4. The predicted molar refractivity (Wildman–Crippen MR) is 95.7 cm³/mol. The standard InChI is InChI=1S/C17H13Cl2N3O2/c18-11-5-6-14(13(19)9-11)21-17(24)7-8-22-15-4-2-1-3-12(15)16(23)10-20-22/h1-6,9-10H,7-8H2,(H,21,24). The Morgan fingerprint density at radius 2 is 1.96 bits per heavy atom. The van der Waals surface area contributed by atoms with Gasteiger partial charge in [-0.25, -0.2) is 0 Å². The van der Waals surface area contributed by atoms with Crippen LogP contribution in [0, 0.1) is 0 Å². The van der Waals surface area contributed by atoms with E-state index in [1.165, 1.54) is 6.20 Å². The Morgan fingerprint density at radius 1 is 1.17 bits per heavy atom. The summed E-state index contributed by atoms with van der Waals surface area (Å²) in [6.07, 6.45) is 1.45. The molecule has 1 heterocycles. The number of anilines is 1. The summed E-state index contributed by atoms with van der Waals surface area (Å²) in [5.74, 6) is -0.205. The molecule has 0 aliphatic carbocycles. The Labute approximate surface area is 147 Å². The molecule has 0 unspecified atom stereocenters. The molecule has 0 atom stereocenters. The highest BCUT2D eigenvalue weighted by Crippen LogP contribution is 2.25. The largest absolute Gasteiger partial charge is 0.325 e. The molecule has 1 amide bonds. The van der Waals surface area contributed by atoms with Crippen molar-refractivity contribution in [2.24, 2.45) is 0 Å². The van der Waals surface area contributed by atoms with Crippen LogP contribution in [0.4, 0.5) is 5.69 Å². The molecule has 0 fully saturated rings. The molecule has 3 aromatic rings. The van der Waals surface area contributed by atoms with Gasteiger partial charge in [0.25, 0.3) is 0 Å². The molecular formula is C17H13Cl2N3O2. The maximum Gasteiger partial charge on any atom is 0.226 e. The summed E-state index contributed by atoms with van der Waals surface area (Å²) in [6, 6.07) is 12.0. The van der Waals surface area contributed by atoms with Gasteiger partial charge in [0.15, 0.2) is 0 Å². The van der Waals surface area contributed by atoms with Crippen molar-refractivity contribution >= 4 is 45.7 Å². The molecule has 5 nitrogen and oxygen atoms in total. The molecule has 7 heteroatoms. The van der Waals surface area contributed by atoms with E-state index in [2.05, 4.69) is 10.4 Å². The third kappa shape index (κ3) is 3.58. The van der Waals surface area contributed by atoms with Gasteiger partial charge in [0.2, 0.25) is 11.3 Å². The second-order valence-electron chi connectivity index (χ2n) is 5.17. The van der Waals surface area contributed by atoms with Crippen molar-refractivity contribution in [1.29, 1.82) is 0 Å². The molecule has 24 heavy (non-hydrogen) atoms. The maximum absolute atomic E-state index is 12.1. The van der Waals surface area contributed by atoms with Crippen LogP contribution in [0.2, 0.25) is 10.0 Å². The number of fused-ring (bicyclic) bond motifs is 1. The fraction of sp³-hybridized carbons (Fsp3) is 0.118. The molecule has 0 radical (unpaired) electrons. The van der Waals surface area contributed by atoms with Crippen molar-refractivity contribution in [2.75, 3.05) is 5.32 Å². The number of aromatic nitrogens is 2. The number of hydrogen-bond acceptors (Lipinski definition) is 3. The fourth-order valence-corrected chi connectivity index (χ4v) is 2.81. The van der Waals surface area contributed by atoms with Gasteiger partial charge in [-0.15, -0.1) is 0 Å².